The molecule has 1 aromatic carbocycles. The molecule has 0 aliphatic carbocycles. The van der Waals surface area contributed by atoms with Crippen molar-refractivity contribution in [2.45, 2.75) is 59.8 Å². The van der Waals surface area contributed by atoms with Gasteiger partial charge < -0.3 is 4.42 Å². The average Bonchev–Trinajstić information content (AvgIpc) is 2.95. The Morgan fingerprint density at radius 2 is 1.84 bits per heavy atom. The Kier molecular flexibility index (Phi) is 6.99. The van der Waals surface area contributed by atoms with Gasteiger partial charge in [0.1, 0.15) is 11.5 Å². The van der Waals surface area contributed by atoms with Crippen LogP contribution in [-0.2, 0) is 6.42 Å². The zero-order chi connectivity index (χ0) is 18.2. The smallest absolute Gasteiger partial charge is 0.274 e. The lowest BCUT2D eigenvalue weighted by atomic mass is 10.0. The lowest BCUT2D eigenvalue weighted by molar-refractivity contribution is 0.0953. The number of carbonyl (C=O) groups is 1. The van der Waals surface area contributed by atoms with Crippen molar-refractivity contribution in [1.82, 2.24) is 5.43 Å². The Balaban J connectivity index is 1.93. The average molecular weight is 340 g/mol. The van der Waals surface area contributed by atoms with Crippen LogP contribution in [0, 0.1) is 13.8 Å². The van der Waals surface area contributed by atoms with Crippen molar-refractivity contribution in [2.24, 2.45) is 5.10 Å². The highest BCUT2D eigenvalue weighted by molar-refractivity contribution is 6.01. The lowest BCUT2D eigenvalue weighted by Crippen LogP contribution is -2.19. The van der Waals surface area contributed by atoms with Crippen LogP contribution in [0.15, 0.2) is 39.9 Å². The molecule has 2 rings (SSSR count). The summed E-state index contributed by atoms with van der Waals surface area (Å²) < 4.78 is 5.38. The maximum Gasteiger partial charge on any atom is 0.274 e. The maximum atomic E-state index is 12.2. The molecule has 134 valence electrons. The van der Waals surface area contributed by atoms with Gasteiger partial charge >= 0.3 is 0 Å². The van der Waals surface area contributed by atoms with E-state index in [-0.39, 0.29) is 5.91 Å². The van der Waals surface area contributed by atoms with Crippen LogP contribution in [0.5, 0.6) is 0 Å². The number of hydrogen-bond donors (Lipinski definition) is 1. The number of hydrogen-bond acceptors (Lipinski definition) is 3. The normalized spacial score (nSPS) is 11.6. The Hall–Kier alpha value is -2.36. The summed E-state index contributed by atoms with van der Waals surface area (Å²) in [5, 5.41) is 4.21. The first-order chi connectivity index (χ1) is 12.0. The summed E-state index contributed by atoms with van der Waals surface area (Å²) >= 11 is 0. The Morgan fingerprint density at radius 3 is 2.44 bits per heavy atom. The van der Waals surface area contributed by atoms with E-state index in [1.54, 1.807) is 13.0 Å². The minimum Gasteiger partial charge on any atom is -0.466 e. The molecule has 1 aromatic heterocycles. The molecule has 0 fully saturated rings. The van der Waals surface area contributed by atoms with Gasteiger partial charge in [0.15, 0.2) is 0 Å². The minimum atomic E-state index is -0.249. The third-order valence-electron chi connectivity index (χ3n) is 4.30. The van der Waals surface area contributed by atoms with Crippen molar-refractivity contribution in [3.05, 3.63) is 58.5 Å². The fraction of sp³-hybridized carbons (Fsp3) is 0.429. The number of unbranched alkanes of at least 4 members (excludes halogenated alkanes) is 3. The Labute approximate surface area is 150 Å². The van der Waals surface area contributed by atoms with Crippen molar-refractivity contribution in [2.75, 3.05) is 0 Å². The van der Waals surface area contributed by atoms with E-state index in [9.17, 15) is 4.79 Å². The van der Waals surface area contributed by atoms with Crippen LogP contribution >= 0.6 is 0 Å². The molecule has 0 bridgehead atoms. The molecule has 0 atom stereocenters. The van der Waals surface area contributed by atoms with Crippen molar-refractivity contribution < 1.29 is 9.21 Å². The van der Waals surface area contributed by atoms with Crippen molar-refractivity contribution in [1.29, 1.82) is 0 Å². The van der Waals surface area contributed by atoms with E-state index < -0.39 is 0 Å². The molecular formula is C21H28N2O2. The highest BCUT2D eigenvalue weighted by Gasteiger charge is 2.12. The molecule has 1 amide bonds. The quantitative estimate of drug-likeness (QED) is 0.409. The van der Waals surface area contributed by atoms with Crippen LogP contribution in [0.3, 0.4) is 0 Å². The number of furan rings is 1. The van der Waals surface area contributed by atoms with Gasteiger partial charge in [0.2, 0.25) is 0 Å². The number of aryl methyl sites for hydroxylation is 3. The van der Waals surface area contributed by atoms with Gasteiger partial charge in [-0.15, -0.1) is 0 Å². The first-order valence-corrected chi connectivity index (χ1v) is 9.02. The van der Waals surface area contributed by atoms with Gasteiger partial charge in [0.25, 0.3) is 5.91 Å². The zero-order valence-electron chi connectivity index (χ0n) is 15.7. The standard InChI is InChI=1S/C21H28N2O2/c1-5-6-7-8-9-18-10-12-19(13-11-18)16(3)22-23-21(24)20-14-15(2)25-17(20)4/h10-14H,5-9H2,1-4H3,(H,23,24)/b22-16+. The second-order valence-corrected chi connectivity index (χ2v) is 6.47. The van der Waals surface area contributed by atoms with Gasteiger partial charge in [0.05, 0.1) is 11.3 Å². The summed E-state index contributed by atoms with van der Waals surface area (Å²) in [5.74, 6) is 1.08. The van der Waals surface area contributed by atoms with Crippen molar-refractivity contribution in [3.8, 4) is 0 Å². The topological polar surface area (TPSA) is 54.6 Å². The van der Waals surface area contributed by atoms with Crippen LogP contribution in [0.2, 0.25) is 0 Å². The van der Waals surface area contributed by atoms with Crippen LogP contribution in [0.4, 0.5) is 0 Å². The van der Waals surface area contributed by atoms with E-state index in [2.05, 4.69) is 41.7 Å². The van der Waals surface area contributed by atoms with Gasteiger partial charge in [-0.2, -0.15) is 5.10 Å². The number of benzene rings is 1. The highest BCUT2D eigenvalue weighted by atomic mass is 16.3. The summed E-state index contributed by atoms with van der Waals surface area (Å²) in [4.78, 5) is 12.2. The molecule has 0 saturated heterocycles. The fourth-order valence-corrected chi connectivity index (χ4v) is 2.78. The summed E-state index contributed by atoms with van der Waals surface area (Å²) in [6.45, 7) is 7.72. The van der Waals surface area contributed by atoms with E-state index in [0.717, 1.165) is 23.5 Å². The van der Waals surface area contributed by atoms with Gasteiger partial charge in [-0.3, -0.25) is 4.79 Å². The summed E-state index contributed by atoms with van der Waals surface area (Å²) in [6.07, 6.45) is 6.21. The number of carbonyl (C=O) groups excluding carboxylic acids is 1. The minimum absolute atomic E-state index is 0.249. The predicted octanol–water partition coefficient (Wildman–Crippen LogP) is 5.17. The number of hydrazone groups is 1. The molecule has 0 saturated carbocycles. The van der Waals surface area contributed by atoms with Crippen LogP contribution < -0.4 is 5.43 Å². The fourth-order valence-electron chi connectivity index (χ4n) is 2.78. The predicted molar refractivity (Wildman–Crippen MR) is 102 cm³/mol. The number of nitrogens with one attached hydrogen (secondary N) is 1. The highest BCUT2D eigenvalue weighted by Crippen LogP contribution is 2.14. The Bertz CT molecular complexity index is 727. The van der Waals surface area contributed by atoms with Crippen LogP contribution in [-0.4, -0.2) is 11.6 Å². The van der Waals surface area contributed by atoms with Crippen LogP contribution in [0.25, 0.3) is 0 Å². The monoisotopic (exact) mass is 340 g/mol. The summed E-state index contributed by atoms with van der Waals surface area (Å²) in [6, 6.07) is 10.1. The molecule has 1 N–H and O–H groups in total. The lowest BCUT2D eigenvalue weighted by Gasteiger charge is -2.05. The van der Waals surface area contributed by atoms with E-state index in [0.29, 0.717) is 11.3 Å². The second kappa shape index (κ2) is 9.21. The molecule has 2 aromatic rings. The molecule has 0 spiro atoms. The number of rotatable bonds is 8. The van der Waals surface area contributed by atoms with E-state index in [4.69, 9.17) is 4.42 Å². The van der Waals surface area contributed by atoms with Gasteiger partial charge in [-0.1, -0.05) is 50.5 Å². The maximum absolute atomic E-state index is 12.2. The van der Waals surface area contributed by atoms with Crippen molar-refractivity contribution in [3.63, 3.8) is 0 Å². The van der Waals surface area contributed by atoms with Gasteiger partial charge in [-0.05, 0) is 50.8 Å². The molecule has 4 heteroatoms. The first kappa shape index (κ1) is 19.0. The molecule has 0 aliphatic heterocycles. The third-order valence-corrected chi connectivity index (χ3v) is 4.30. The molecule has 0 radical (unpaired) electrons. The summed E-state index contributed by atoms with van der Waals surface area (Å²) in [5.41, 5.74) is 6.27. The summed E-state index contributed by atoms with van der Waals surface area (Å²) in [7, 11) is 0. The third kappa shape index (κ3) is 5.59. The zero-order valence-corrected chi connectivity index (χ0v) is 15.7. The van der Waals surface area contributed by atoms with E-state index >= 15 is 0 Å². The SMILES string of the molecule is CCCCCCc1ccc(/C(C)=N/NC(=O)c2cc(C)oc2C)cc1. The van der Waals surface area contributed by atoms with E-state index in [1.807, 2.05) is 13.8 Å². The molecule has 25 heavy (non-hydrogen) atoms. The molecule has 1 heterocycles. The molecule has 0 unspecified atom stereocenters. The second-order valence-electron chi connectivity index (χ2n) is 6.47. The largest absolute Gasteiger partial charge is 0.466 e. The first-order valence-electron chi connectivity index (χ1n) is 9.02. The molecular weight excluding hydrogens is 312 g/mol. The van der Waals surface area contributed by atoms with Gasteiger partial charge in [0, 0.05) is 0 Å². The Morgan fingerprint density at radius 1 is 1.12 bits per heavy atom. The van der Waals surface area contributed by atoms with Crippen molar-refractivity contribution >= 4 is 11.6 Å². The number of nitrogens with zero attached hydrogens (tertiary/aromatic N) is 1. The van der Waals surface area contributed by atoms with Gasteiger partial charge in [-0.25, -0.2) is 5.43 Å². The number of amides is 1. The van der Waals surface area contributed by atoms with Crippen LogP contribution in [0.1, 0.15) is 72.5 Å². The van der Waals surface area contributed by atoms with E-state index in [1.165, 1.54) is 31.2 Å². The molecule has 0 aliphatic rings. The molecule has 4 nitrogen and oxygen atoms in total.